The molecule has 2 heterocycles. The van der Waals surface area contributed by atoms with Crippen molar-refractivity contribution in [3.63, 3.8) is 0 Å². The summed E-state index contributed by atoms with van der Waals surface area (Å²) < 4.78 is 0.832. The number of rotatable bonds is 8. The van der Waals surface area contributed by atoms with Gasteiger partial charge in [-0.1, -0.05) is 29.0 Å². The third-order valence-corrected chi connectivity index (χ3v) is 7.80. The van der Waals surface area contributed by atoms with Crippen LogP contribution in [0.4, 0.5) is 16.5 Å². The number of nitro groups is 1. The van der Waals surface area contributed by atoms with Crippen molar-refractivity contribution in [2.75, 3.05) is 50.1 Å². The molecule has 1 aliphatic rings. The number of hydrogen-bond acceptors (Lipinski definition) is 7. The maximum Gasteiger partial charge on any atom is 0.293 e. The first-order valence-electron chi connectivity index (χ1n) is 11.8. The summed E-state index contributed by atoms with van der Waals surface area (Å²) >= 11 is 7.79. The van der Waals surface area contributed by atoms with Crippen LogP contribution in [0.25, 0.3) is 10.2 Å². The number of amides is 1. The zero-order valence-electron chi connectivity index (χ0n) is 20.3. The van der Waals surface area contributed by atoms with E-state index in [9.17, 15) is 14.9 Å². The van der Waals surface area contributed by atoms with Crippen molar-refractivity contribution in [1.82, 2.24) is 9.88 Å². The van der Waals surface area contributed by atoms with E-state index in [0.29, 0.717) is 22.4 Å². The molecule has 3 aromatic rings. The minimum atomic E-state index is -0.391. The SMILES string of the molecule is Cc1ccc(Cl)c2sc(N(CCCN(C)C)C(=O)c3ccc(N4CCCCC4)c([N+](=O)[O-])c3)nc12. The van der Waals surface area contributed by atoms with Gasteiger partial charge < -0.3 is 9.80 Å². The van der Waals surface area contributed by atoms with Crippen LogP contribution < -0.4 is 9.80 Å². The van der Waals surface area contributed by atoms with Crippen molar-refractivity contribution in [2.45, 2.75) is 32.6 Å². The van der Waals surface area contributed by atoms with Gasteiger partial charge >= 0.3 is 0 Å². The Morgan fingerprint density at radius 3 is 2.57 bits per heavy atom. The largest absolute Gasteiger partial charge is 0.366 e. The molecule has 1 amide bonds. The summed E-state index contributed by atoms with van der Waals surface area (Å²) in [6, 6.07) is 8.58. The van der Waals surface area contributed by atoms with E-state index < -0.39 is 4.92 Å². The van der Waals surface area contributed by atoms with Gasteiger partial charge in [-0.3, -0.25) is 19.8 Å². The Kier molecular flexibility index (Phi) is 7.88. The molecule has 1 aliphatic heterocycles. The van der Waals surface area contributed by atoms with Crippen LogP contribution in [0.2, 0.25) is 5.02 Å². The molecule has 0 aliphatic carbocycles. The number of aromatic nitrogens is 1. The van der Waals surface area contributed by atoms with E-state index in [1.165, 1.54) is 17.4 Å². The summed E-state index contributed by atoms with van der Waals surface area (Å²) in [5, 5.41) is 13.1. The van der Waals surface area contributed by atoms with Gasteiger partial charge in [0.1, 0.15) is 5.69 Å². The van der Waals surface area contributed by atoms with Gasteiger partial charge in [0.05, 0.1) is 20.2 Å². The minimum Gasteiger partial charge on any atom is -0.366 e. The van der Waals surface area contributed by atoms with Gasteiger partial charge in [0, 0.05) is 31.3 Å². The molecule has 4 rings (SSSR count). The first-order valence-corrected chi connectivity index (χ1v) is 13.0. The number of nitro benzene ring substituents is 1. The lowest BCUT2D eigenvalue weighted by Gasteiger charge is -2.28. The smallest absolute Gasteiger partial charge is 0.293 e. The summed E-state index contributed by atoms with van der Waals surface area (Å²) in [5.74, 6) is -0.301. The quantitative estimate of drug-likeness (QED) is 0.280. The van der Waals surface area contributed by atoms with Crippen LogP contribution in [0.1, 0.15) is 41.6 Å². The molecule has 0 bridgehead atoms. The second kappa shape index (κ2) is 10.9. The molecule has 186 valence electrons. The lowest BCUT2D eigenvalue weighted by molar-refractivity contribution is -0.384. The lowest BCUT2D eigenvalue weighted by Crippen LogP contribution is -2.34. The molecule has 0 N–H and O–H groups in total. The van der Waals surface area contributed by atoms with Gasteiger partial charge in [-0.25, -0.2) is 4.98 Å². The highest BCUT2D eigenvalue weighted by Gasteiger charge is 2.27. The summed E-state index contributed by atoms with van der Waals surface area (Å²) in [5.41, 5.74) is 2.58. The van der Waals surface area contributed by atoms with Gasteiger partial charge in [-0.15, -0.1) is 0 Å². The molecular formula is C25H30ClN5O3S. The molecule has 35 heavy (non-hydrogen) atoms. The standard InChI is InChI=1S/C25H30ClN5O3S/c1-17-8-10-19(26)23-22(17)27-25(35-23)30(15-7-12-28(2)3)24(32)18-9-11-20(21(16-18)31(33)34)29-13-5-4-6-14-29/h8-11,16H,4-7,12-15H2,1-3H3. The first-order chi connectivity index (χ1) is 16.8. The molecule has 8 nitrogen and oxygen atoms in total. The Balaban J connectivity index is 1.71. The number of benzene rings is 2. The number of fused-ring (bicyclic) bond motifs is 1. The van der Waals surface area contributed by atoms with E-state index in [1.807, 2.05) is 38.1 Å². The molecule has 0 spiro atoms. The maximum atomic E-state index is 13.7. The zero-order valence-corrected chi connectivity index (χ0v) is 21.9. The summed E-state index contributed by atoms with van der Waals surface area (Å²) in [6.07, 6.45) is 3.89. The summed E-state index contributed by atoms with van der Waals surface area (Å²) in [7, 11) is 3.96. The molecule has 1 saturated heterocycles. The van der Waals surface area contributed by atoms with E-state index in [-0.39, 0.29) is 17.2 Å². The van der Waals surface area contributed by atoms with Gasteiger partial charge in [0.25, 0.3) is 11.6 Å². The normalized spacial score (nSPS) is 14.0. The number of carbonyl (C=O) groups excluding carboxylic acids is 1. The van der Waals surface area contributed by atoms with Gasteiger partial charge in [0.15, 0.2) is 5.13 Å². The van der Waals surface area contributed by atoms with Crippen molar-refractivity contribution in [1.29, 1.82) is 0 Å². The average Bonchev–Trinajstić information content (AvgIpc) is 3.30. The minimum absolute atomic E-state index is 0.0332. The fourth-order valence-corrected chi connectivity index (χ4v) is 5.74. The van der Waals surface area contributed by atoms with Crippen LogP contribution in [-0.2, 0) is 0 Å². The second-order valence-electron chi connectivity index (χ2n) is 9.16. The number of piperidine rings is 1. The third kappa shape index (κ3) is 5.58. The number of carbonyl (C=O) groups is 1. The molecule has 0 saturated carbocycles. The fourth-order valence-electron chi connectivity index (χ4n) is 4.40. The number of thiazole rings is 1. The van der Waals surface area contributed by atoms with Crippen molar-refractivity contribution in [3.05, 3.63) is 56.6 Å². The molecule has 0 unspecified atom stereocenters. The molecular weight excluding hydrogens is 486 g/mol. The number of halogens is 1. The lowest BCUT2D eigenvalue weighted by atomic mass is 10.1. The Labute approximate surface area is 214 Å². The summed E-state index contributed by atoms with van der Waals surface area (Å²) in [6.45, 7) is 4.77. The van der Waals surface area contributed by atoms with Gasteiger partial charge in [0.2, 0.25) is 0 Å². The zero-order chi connectivity index (χ0) is 25.1. The first kappa shape index (κ1) is 25.3. The van der Waals surface area contributed by atoms with Crippen molar-refractivity contribution < 1.29 is 9.72 Å². The van der Waals surface area contributed by atoms with Crippen LogP contribution >= 0.6 is 22.9 Å². The average molecular weight is 516 g/mol. The number of nitrogens with zero attached hydrogens (tertiary/aromatic N) is 5. The topological polar surface area (TPSA) is 82.8 Å². The second-order valence-corrected chi connectivity index (χ2v) is 10.5. The van der Waals surface area contributed by atoms with Crippen molar-refractivity contribution >= 4 is 55.6 Å². The van der Waals surface area contributed by atoms with Gasteiger partial charge in [-0.05, 0) is 77.0 Å². The predicted octanol–water partition coefficient (Wildman–Crippen LogP) is 5.76. The van der Waals surface area contributed by atoms with Crippen LogP contribution in [0.5, 0.6) is 0 Å². The number of hydrogen-bond donors (Lipinski definition) is 0. The Morgan fingerprint density at radius 1 is 1.17 bits per heavy atom. The maximum absolute atomic E-state index is 13.7. The molecule has 1 aromatic heterocycles. The molecule has 10 heteroatoms. The Morgan fingerprint density at radius 2 is 1.91 bits per heavy atom. The van der Waals surface area contributed by atoms with E-state index in [0.717, 1.165) is 61.1 Å². The van der Waals surface area contributed by atoms with Gasteiger partial charge in [-0.2, -0.15) is 0 Å². The van der Waals surface area contributed by atoms with E-state index in [2.05, 4.69) is 4.90 Å². The predicted molar refractivity (Wildman–Crippen MR) is 143 cm³/mol. The molecule has 2 aromatic carbocycles. The molecule has 0 atom stereocenters. The fraction of sp³-hybridized carbons (Fsp3) is 0.440. The highest BCUT2D eigenvalue weighted by Crippen LogP contribution is 2.37. The molecule has 0 radical (unpaired) electrons. The van der Waals surface area contributed by atoms with Crippen LogP contribution in [0.15, 0.2) is 30.3 Å². The van der Waals surface area contributed by atoms with Crippen LogP contribution in [0, 0.1) is 17.0 Å². The van der Waals surface area contributed by atoms with Crippen molar-refractivity contribution in [2.24, 2.45) is 0 Å². The Bertz CT molecular complexity index is 1200. The van der Waals surface area contributed by atoms with E-state index in [1.54, 1.807) is 17.0 Å². The highest BCUT2D eigenvalue weighted by atomic mass is 35.5. The van der Waals surface area contributed by atoms with E-state index >= 15 is 0 Å². The van der Waals surface area contributed by atoms with Crippen LogP contribution in [0.3, 0.4) is 0 Å². The third-order valence-electron chi connectivity index (χ3n) is 6.26. The molecule has 1 fully saturated rings. The monoisotopic (exact) mass is 515 g/mol. The number of aryl methyl sites for hydroxylation is 1. The number of anilines is 2. The summed E-state index contributed by atoms with van der Waals surface area (Å²) in [4.78, 5) is 35.8. The Hall–Kier alpha value is -2.75. The van der Waals surface area contributed by atoms with Crippen LogP contribution in [-0.4, -0.2) is 61.0 Å². The van der Waals surface area contributed by atoms with Crippen molar-refractivity contribution in [3.8, 4) is 0 Å². The van der Waals surface area contributed by atoms with E-state index in [4.69, 9.17) is 16.6 Å². The highest BCUT2D eigenvalue weighted by molar-refractivity contribution is 7.23.